The van der Waals surface area contributed by atoms with Crippen LogP contribution in [-0.4, -0.2) is 15.4 Å². The highest BCUT2D eigenvalue weighted by molar-refractivity contribution is 7.16. The smallest absolute Gasteiger partial charge is 0.310 e. The van der Waals surface area contributed by atoms with Crippen molar-refractivity contribution in [3.8, 4) is 0 Å². The Morgan fingerprint density at radius 1 is 1.32 bits per heavy atom. The lowest BCUT2D eigenvalue weighted by molar-refractivity contribution is -0.144. The molecule has 0 aliphatic carbocycles. The van der Waals surface area contributed by atoms with Crippen LogP contribution in [0.5, 0.6) is 0 Å². The van der Waals surface area contributed by atoms with Gasteiger partial charge in [0.25, 0.3) is 5.56 Å². The van der Waals surface area contributed by atoms with E-state index in [1.165, 1.54) is 21.8 Å². The van der Waals surface area contributed by atoms with Crippen LogP contribution >= 0.6 is 11.3 Å². The zero-order chi connectivity index (χ0) is 15.5. The van der Waals surface area contributed by atoms with E-state index in [9.17, 15) is 9.59 Å². The van der Waals surface area contributed by atoms with Crippen molar-refractivity contribution in [3.63, 3.8) is 0 Å². The van der Waals surface area contributed by atoms with Gasteiger partial charge in [0.05, 0.1) is 12.1 Å². The maximum Gasteiger partial charge on any atom is 0.310 e. The highest BCUT2D eigenvalue weighted by Gasteiger charge is 2.09. The van der Waals surface area contributed by atoms with Crippen LogP contribution in [0.1, 0.15) is 16.1 Å². The summed E-state index contributed by atoms with van der Waals surface area (Å²) in [4.78, 5) is 29.7. The Bertz CT molecular complexity index is 868. The first kappa shape index (κ1) is 14.5. The summed E-state index contributed by atoms with van der Waals surface area (Å²) in [5.74, 6) is -0.337. The maximum absolute atomic E-state index is 11.9. The van der Waals surface area contributed by atoms with Gasteiger partial charge in [-0.2, -0.15) is 0 Å². The average Bonchev–Trinajstić information content (AvgIpc) is 2.87. The van der Waals surface area contributed by atoms with E-state index < -0.39 is 0 Å². The SMILES string of the molecule is Cc1cn2c(=O)cc(COC(=O)Cc3ccccc3)nc2s1. The minimum atomic E-state index is -0.337. The Morgan fingerprint density at radius 2 is 2.09 bits per heavy atom. The molecule has 0 saturated heterocycles. The van der Waals surface area contributed by atoms with Crippen LogP contribution in [0, 0.1) is 6.92 Å². The minimum absolute atomic E-state index is 0.00829. The van der Waals surface area contributed by atoms with Crippen LogP contribution in [0.25, 0.3) is 4.96 Å². The predicted octanol–water partition coefficient (Wildman–Crippen LogP) is 2.35. The van der Waals surface area contributed by atoms with Crippen LogP contribution in [0.15, 0.2) is 47.4 Å². The first-order chi connectivity index (χ1) is 10.6. The van der Waals surface area contributed by atoms with E-state index >= 15 is 0 Å². The quantitative estimate of drug-likeness (QED) is 0.694. The highest BCUT2D eigenvalue weighted by atomic mass is 32.1. The number of aromatic nitrogens is 2. The van der Waals surface area contributed by atoms with E-state index in [1.54, 1.807) is 6.20 Å². The fraction of sp³-hybridized carbons (Fsp3) is 0.188. The third-order valence-corrected chi connectivity index (χ3v) is 4.01. The van der Waals surface area contributed by atoms with Crippen LogP contribution in [0.3, 0.4) is 0 Å². The predicted molar refractivity (Wildman–Crippen MR) is 84.0 cm³/mol. The molecule has 0 spiro atoms. The van der Waals surface area contributed by atoms with Gasteiger partial charge in [0.2, 0.25) is 0 Å². The number of ether oxygens (including phenoxy) is 1. The number of thiazole rings is 1. The molecule has 2 aromatic heterocycles. The Kier molecular flexibility index (Phi) is 4.02. The fourth-order valence-electron chi connectivity index (χ4n) is 2.10. The number of hydrogen-bond acceptors (Lipinski definition) is 5. The number of rotatable bonds is 4. The van der Waals surface area contributed by atoms with Crippen molar-refractivity contribution in [3.05, 3.63) is 69.1 Å². The highest BCUT2D eigenvalue weighted by Crippen LogP contribution is 2.13. The Morgan fingerprint density at radius 3 is 2.86 bits per heavy atom. The maximum atomic E-state index is 11.9. The molecule has 0 bridgehead atoms. The molecule has 0 fully saturated rings. The first-order valence-corrected chi connectivity index (χ1v) is 7.62. The van der Waals surface area contributed by atoms with Gasteiger partial charge in [-0.05, 0) is 12.5 Å². The van der Waals surface area contributed by atoms with E-state index in [-0.39, 0.29) is 24.6 Å². The minimum Gasteiger partial charge on any atom is -0.459 e. The van der Waals surface area contributed by atoms with E-state index in [0.29, 0.717) is 10.7 Å². The Balaban J connectivity index is 1.68. The number of carbonyl (C=O) groups is 1. The van der Waals surface area contributed by atoms with Gasteiger partial charge in [-0.15, -0.1) is 11.3 Å². The number of carbonyl (C=O) groups excluding carboxylic acids is 1. The molecular weight excluding hydrogens is 300 g/mol. The molecule has 3 aromatic rings. The number of esters is 1. The van der Waals surface area contributed by atoms with Gasteiger partial charge in [-0.1, -0.05) is 30.3 Å². The molecule has 22 heavy (non-hydrogen) atoms. The van der Waals surface area contributed by atoms with Crippen LogP contribution < -0.4 is 5.56 Å². The van der Waals surface area contributed by atoms with Gasteiger partial charge in [0.1, 0.15) is 6.61 Å². The summed E-state index contributed by atoms with van der Waals surface area (Å²) in [5, 5.41) is 0. The number of hydrogen-bond donors (Lipinski definition) is 0. The Labute approximate surface area is 130 Å². The van der Waals surface area contributed by atoms with E-state index in [1.807, 2.05) is 37.3 Å². The summed E-state index contributed by atoms with van der Waals surface area (Å²) in [7, 11) is 0. The fourth-order valence-corrected chi connectivity index (χ4v) is 2.95. The molecule has 0 saturated carbocycles. The molecule has 0 aliphatic rings. The largest absolute Gasteiger partial charge is 0.459 e. The second kappa shape index (κ2) is 6.11. The zero-order valence-electron chi connectivity index (χ0n) is 12.0. The summed E-state index contributed by atoms with van der Waals surface area (Å²) in [6, 6.07) is 10.8. The second-order valence-electron chi connectivity index (χ2n) is 4.90. The van der Waals surface area contributed by atoms with Gasteiger partial charge in [-0.3, -0.25) is 14.0 Å². The average molecular weight is 314 g/mol. The van der Waals surface area contributed by atoms with Gasteiger partial charge >= 0.3 is 5.97 Å². The topological polar surface area (TPSA) is 60.7 Å². The first-order valence-electron chi connectivity index (χ1n) is 6.80. The van der Waals surface area contributed by atoms with Gasteiger partial charge in [-0.25, -0.2) is 4.98 Å². The van der Waals surface area contributed by atoms with Crippen molar-refractivity contribution in [1.29, 1.82) is 0 Å². The Hall–Kier alpha value is -2.47. The third kappa shape index (κ3) is 3.23. The summed E-state index contributed by atoms with van der Waals surface area (Å²) >= 11 is 1.43. The third-order valence-electron chi connectivity index (χ3n) is 3.11. The standard InChI is InChI=1S/C16H14N2O3S/c1-11-9-18-14(19)8-13(17-16(18)22-11)10-21-15(20)7-12-5-3-2-4-6-12/h2-6,8-9H,7,10H2,1H3. The number of nitrogens with zero attached hydrogens (tertiary/aromatic N) is 2. The second-order valence-corrected chi connectivity index (χ2v) is 6.12. The molecule has 2 heterocycles. The van der Waals surface area contributed by atoms with Gasteiger partial charge in [0.15, 0.2) is 4.96 Å². The molecule has 112 valence electrons. The van der Waals surface area contributed by atoms with Crippen LogP contribution in [-0.2, 0) is 22.6 Å². The van der Waals surface area contributed by atoms with Crippen molar-refractivity contribution in [1.82, 2.24) is 9.38 Å². The van der Waals surface area contributed by atoms with Crippen LogP contribution in [0.2, 0.25) is 0 Å². The van der Waals surface area contributed by atoms with Crippen molar-refractivity contribution < 1.29 is 9.53 Å². The molecule has 0 atom stereocenters. The number of aryl methyl sites for hydroxylation is 1. The number of fused-ring (bicyclic) bond motifs is 1. The summed E-state index contributed by atoms with van der Waals surface area (Å²) in [6.45, 7) is 1.92. The lowest BCUT2D eigenvalue weighted by atomic mass is 10.2. The molecule has 0 N–H and O–H groups in total. The summed E-state index contributed by atoms with van der Waals surface area (Å²) in [6.07, 6.45) is 1.96. The molecule has 5 nitrogen and oxygen atoms in total. The van der Waals surface area contributed by atoms with Gasteiger partial charge in [0, 0.05) is 17.1 Å². The lowest BCUT2D eigenvalue weighted by Crippen LogP contribution is -2.15. The van der Waals surface area contributed by atoms with Crippen molar-refractivity contribution in [2.75, 3.05) is 0 Å². The zero-order valence-corrected chi connectivity index (χ0v) is 12.8. The molecule has 0 radical (unpaired) electrons. The molecule has 0 amide bonds. The summed E-state index contributed by atoms with van der Waals surface area (Å²) in [5.41, 5.74) is 1.20. The summed E-state index contributed by atoms with van der Waals surface area (Å²) < 4.78 is 6.69. The number of benzene rings is 1. The molecule has 0 aliphatic heterocycles. The van der Waals surface area contributed by atoms with Crippen molar-refractivity contribution in [2.45, 2.75) is 20.0 Å². The van der Waals surface area contributed by atoms with Crippen molar-refractivity contribution >= 4 is 22.3 Å². The lowest BCUT2D eigenvalue weighted by Gasteiger charge is -2.04. The van der Waals surface area contributed by atoms with Gasteiger partial charge < -0.3 is 4.74 Å². The molecule has 0 unspecified atom stereocenters. The molecule has 3 rings (SSSR count). The monoisotopic (exact) mass is 314 g/mol. The molecular formula is C16H14N2O3S. The van der Waals surface area contributed by atoms with E-state index in [0.717, 1.165) is 10.4 Å². The molecule has 6 heteroatoms. The van der Waals surface area contributed by atoms with E-state index in [2.05, 4.69) is 4.98 Å². The van der Waals surface area contributed by atoms with Crippen molar-refractivity contribution in [2.24, 2.45) is 0 Å². The normalized spacial score (nSPS) is 10.8. The van der Waals surface area contributed by atoms with Crippen LogP contribution in [0.4, 0.5) is 0 Å². The molecule has 1 aromatic carbocycles. The van der Waals surface area contributed by atoms with E-state index in [4.69, 9.17) is 4.74 Å².